The summed E-state index contributed by atoms with van der Waals surface area (Å²) in [6, 6.07) is -0.836. The van der Waals surface area contributed by atoms with Crippen molar-refractivity contribution in [3.8, 4) is 6.01 Å². The van der Waals surface area contributed by atoms with E-state index in [9.17, 15) is 9.59 Å². The number of carbonyl (C=O) groups excluding carboxylic acids is 1. The number of carbonyl (C=O) groups is 1. The average Bonchev–Trinajstić information content (AvgIpc) is 2.57. The Morgan fingerprint density at radius 3 is 2.72 bits per heavy atom. The third-order valence-corrected chi connectivity index (χ3v) is 2.69. The van der Waals surface area contributed by atoms with Crippen LogP contribution in [0.4, 0.5) is 4.79 Å². The van der Waals surface area contributed by atoms with Gasteiger partial charge in [0.25, 0.3) is 0 Å². The number of hydrogen-bond acceptors (Lipinski definition) is 5. The van der Waals surface area contributed by atoms with Gasteiger partial charge in [0.1, 0.15) is 0 Å². The minimum absolute atomic E-state index is 0.124. The molecule has 0 bridgehead atoms. The largest absolute Gasteiger partial charge is 0.463 e. The Kier molecular flexibility index (Phi) is 4.23. The maximum atomic E-state index is 11.8. The molecule has 1 amide bonds. The number of aromatic nitrogens is 3. The molecule has 1 heterocycles. The number of halogens is 1. The molecule has 9 heteroatoms. The van der Waals surface area contributed by atoms with Crippen LogP contribution in [-0.4, -0.2) is 38.5 Å². The van der Waals surface area contributed by atoms with Gasteiger partial charge in [0.2, 0.25) is 0 Å². The SMILES string of the molecule is CCOc1nn(C(=O)NC(C)(C)CCl)c(=O)n1N. The lowest BCUT2D eigenvalue weighted by molar-refractivity contribution is 0.229. The van der Waals surface area contributed by atoms with Crippen LogP contribution in [0, 0.1) is 0 Å². The van der Waals surface area contributed by atoms with E-state index in [0.717, 1.165) is 0 Å². The number of nitrogens with one attached hydrogen (secondary N) is 1. The van der Waals surface area contributed by atoms with E-state index in [0.29, 0.717) is 9.36 Å². The van der Waals surface area contributed by atoms with Crippen molar-refractivity contribution < 1.29 is 9.53 Å². The number of nitrogen functional groups attached to an aromatic ring is 1. The van der Waals surface area contributed by atoms with Crippen LogP contribution in [0.5, 0.6) is 6.01 Å². The Hall–Kier alpha value is -1.70. The molecule has 0 unspecified atom stereocenters. The summed E-state index contributed by atoms with van der Waals surface area (Å²) in [5.74, 6) is 5.60. The molecular weight excluding hydrogens is 262 g/mol. The van der Waals surface area contributed by atoms with Crippen molar-refractivity contribution in [3.05, 3.63) is 10.5 Å². The van der Waals surface area contributed by atoms with Gasteiger partial charge in [0.05, 0.1) is 6.61 Å². The Labute approximate surface area is 109 Å². The maximum Gasteiger partial charge on any atom is 0.376 e. The standard InChI is InChI=1S/C9H16ClN5O3/c1-4-18-7-13-15(8(17)14(7)11)6(16)12-9(2,3)5-10/h4-5,11H2,1-3H3,(H,12,16). The fourth-order valence-electron chi connectivity index (χ4n) is 1.10. The van der Waals surface area contributed by atoms with Crippen molar-refractivity contribution >= 4 is 17.6 Å². The molecule has 1 aromatic rings. The molecule has 0 aliphatic heterocycles. The van der Waals surface area contributed by atoms with Crippen LogP contribution >= 0.6 is 11.6 Å². The smallest absolute Gasteiger partial charge is 0.376 e. The van der Waals surface area contributed by atoms with Crippen molar-refractivity contribution in [2.24, 2.45) is 0 Å². The first-order valence-electron chi connectivity index (χ1n) is 5.31. The quantitative estimate of drug-likeness (QED) is 0.582. The Balaban J connectivity index is 3.00. The second kappa shape index (κ2) is 5.30. The Bertz CT molecular complexity index is 493. The lowest BCUT2D eigenvalue weighted by Crippen LogP contribution is -2.49. The van der Waals surface area contributed by atoms with Crippen LogP contribution in [-0.2, 0) is 0 Å². The molecule has 0 aliphatic carbocycles. The molecule has 0 saturated carbocycles. The lowest BCUT2D eigenvalue weighted by atomic mass is 10.1. The summed E-state index contributed by atoms with van der Waals surface area (Å²) in [7, 11) is 0. The number of amides is 1. The first-order chi connectivity index (χ1) is 8.32. The zero-order valence-corrected chi connectivity index (χ0v) is 11.2. The van der Waals surface area contributed by atoms with E-state index < -0.39 is 17.3 Å². The van der Waals surface area contributed by atoms with Crippen LogP contribution < -0.4 is 21.6 Å². The topological polar surface area (TPSA) is 104 Å². The summed E-state index contributed by atoms with van der Waals surface area (Å²) < 4.78 is 6.26. The molecule has 1 rings (SSSR count). The van der Waals surface area contributed by atoms with E-state index in [-0.39, 0.29) is 18.5 Å². The summed E-state index contributed by atoms with van der Waals surface area (Å²) in [4.78, 5) is 23.5. The predicted molar refractivity (Wildman–Crippen MR) is 66.5 cm³/mol. The number of nitrogens with two attached hydrogens (primary N) is 1. The van der Waals surface area contributed by atoms with Gasteiger partial charge in [-0.2, -0.15) is 4.68 Å². The van der Waals surface area contributed by atoms with Gasteiger partial charge >= 0.3 is 17.7 Å². The number of rotatable bonds is 4. The number of hydrogen-bond donors (Lipinski definition) is 2. The second-order valence-corrected chi connectivity index (χ2v) is 4.49. The second-order valence-electron chi connectivity index (χ2n) is 4.23. The van der Waals surface area contributed by atoms with Gasteiger partial charge in [-0.1, -0.05) is 0 Å². The average molecular weight is 278 g/mol. The zero-order chi connectivity index (χ0) is 13.9. The molecule has 3 N–H and O–H groups in total. The highest BCUT2D eigenvalue weighted by atomic mass is 35.5. The third-order valence-electron chi connectivity index (χ3n) is 2.02. The maximum absolute atomic E-state index is 11.8. The summed E-state index contributed by atoms with van der Waals surface area (Å²) in [5, 5.41) is 6.23. The van der Waals surface area contributed by atoms with Crippen molar-refractivity contribution in [3.63, 3.8) is 0 Å². The zero-order valence-electron chi connectivity index (χ0n) is 10.4. The van der Waals surface area contributed by atoms with Crippen molar-refractivity contribution in [2.75, 3.05) is 18.3 Å². The molecule has 8 nitrogen and oxygen atoms in total. The highest BCUT2D eigenvalue weighted by Crippen LogP contribution is 2.05. The molecule has 0 fully saturated rings. The van der Waals surface area contributed by atoms with Crippen molar-refractivity contribution in [2.45, 2.75) is 26.3 Å². The molecule has 102 valence electrons. The fraction of sp³-hybridized carbons (Fsp3) is 0.667. The first-order valence-corrected chi connectivity index (χ1v) is 5.84. The van der Waals surface area contributed by atoms with Gasteiger partial charge in [-0.3, -0.25) is 0 Å². The van der Waals surface area contributed by atoms with Crippen LogP contribution in [0.15, 0.2) is 4.79 Å². The van der Waals surface area contributed by atoms with E-state index in [1.54, 1.807) is 20.8 Å². The summed E-state index contributed by atoms with van der Waals surface area (Å²) in [5.41, 5.74) is -1.45. The summed E-state index contributed by atoms with van der Waals surface area (Å²) in [6.07, 6.45) is 0. The molecule has 1 aromatic heterocycles. The number of alkyl halides is 1. The summed E-state index contributed by atoms with van der Waals surface area (Å²) in [6.45, 7) is 5.42. The highest BCUT2D eigenvalue weighted by molar-refractivity contribution is 6.18. The molecule has 0 spiro atoms. The van der Waals surface area contributed by atoms with Crippen LogP contribution in [0.2, 0.25) is 0 Å². The first kappa shape index (κ1) is 14.4. The van der Waals surface area contributed by atoms with Crippen molar-refractivity contribution in [1.29, 1.82) is 0 Å². The predicted octanol–water partition coefficient (Wildman–Crippen LogP) is -0.268. The van der Waals surface area contributed by atoms with Gasteiger partial charge in [0.15, 0.2) is 0 Å². The van der Waals surface area contributed by atoms with Gasteiger partial charge in [-0.25, -0.2) is 9.59 Å². The van der Waals surface area contributed by atoms with Crippen molar-refractivity contribution in [1.82, 2.24) is 19.8 Å². The molecule has 0 saturated heterocycles. The van der Waals surface area contributed by atoms with Gasteiger partial charge in [-0.05, 0) is 20.8 Å². The highest BCUT2D eigenvalue weighted by Gasteiger charge is 2.24. The molecule has 0 atom stereocenters. The molecular formula is C9H16ClN5O3. The minimum Gasteiger partial charge on any atom is -0.463 e. The van der Waals surface area contributed by atoms with E-state index in [4.69, 9.17) is 22.2 Å². The Morgan fingerprint density at radius 1 is 1.61 bits per heavy atom. The summed E-state index contributed by atoms with van der Waals surface area (Å²) >= 11 is 5.67. The van der Waals surface area contributed by atoms with Gasteiger partial charge < -0.3 is 15.9 Å². The Morgan fingerprint density at radius 2 is 2.22 bits per heavy atom. The fourth-order valence-corrected chi connectivity index (χ4v) is 1.16. The van der Waals surface area contributed by atoms with Gasteiger partial charge in [-0.15, -0.1) is 21.4 Å². The minimum atomic E-state index is -0.790. The molecule has 0 aromatic carbocycles. The molecule has 18 heavy (non-hydrogen) atoms. The van der Waals surface area contributed by atoms with Crippen LogP contribution in [0.1, 0.15) is 20.8 Å². The molecule has 0 radical (unpaired) electrons. The monoisotopic (exact) mass is 277 g/mol. The van der Waals surface area contributed by atoms with E-state index in [1.165, 1.54) is 0 Å². The van der Waals surface area contributed by atoms with Gasteiger partial charge in [0, 0.05) is 11.4 Å². The van der Waals surface area contributed by atoms with E-state index in [2.05, 4.69) is 10.4 Å². The van der Waals surface area contributed by atoms with E-state index in [1.807, 2.05) is 0 Å². The van der Waals surface area contributed by atoms with E-state index >= 15 is 0 Å². The van der Waals surface area contributed by atoms with Crippen LogP contribution in [0.3, 0.4) is 0 Å². The normalized spacial score (nSPS) is 11.3. The lowest BCUT2D eigenvalue weighted by Gasteiger charge is -2.22. The third kappa shape index (κ3) is 2.95. The molecule has 0 aliphatic rings. The number of nitrogens with zero attached hydrogens (tertiary/aromatic N) is 3. The number of ether oxygens (including phenoxy) is 1. The van der Waals surface area contributed by atoms with Crippen LogP contribution in [0.25, 0.3) is 0 Å².